The predicted molar refractivity (Wildman–Crippen MR) is 113 cm³/mol. The highest BCUT2D eigenvalue weighted by Gasteiger charge is 2.33. The fraction of sp³-hybridized carbons (Fsp3) is 0.333. The number of hydrogen-bond donors (Lipinski definition) is 1. The molecule has 0 radical (unpaired) electrons. The topological polar surface area (TPSA) is 58.6 Å². The highest BCUT2D eigenvalue weighted by Crippen LogP contribution is 2.30. The first kappa shape index (κ1) is 21.9. The van der Waals surface area contributed by atoms with Gasteiger partial charge < -0.3 is 15.0 Å². The SMILES string of the molecule is O=C(NC1CC1)c1ccc(CN(C(=O)/C=C/c2ccccc2OC(F)(F)F)C2CC2)cc1. The van der Waals surface area contributed by atoms with Crippen LogP contribution in [0.3, 0.4) is 0 Å². The van der Waals surface area contributed by atoms with E-state index in [-0.39, 0.29) is 35.2 Å². The lowest BCUT2D eigenvalue weighted by Gasteiger charge is -2.21. The van der Waals surface area contributed by atoms with Crippen LogP contribution in [0.1, 0.15) is 47.2 Å². The zero-order valence-electron chi connectivity index (χ0n) is 17.3. The minimum absolute atomic E-state index is 0.100. The summed E-state index contributed by atoms with van der Waals surface area (Å²) in [4.78, 5) is 26.6. The molecule has 0 heterocycles. The molecule has 4 rings (SSSR count). The summed E-state index contributed by atoms with van der Waals surface area (Å²) in [6.07, 6.45) is 1.60. The third-order valence-electron chi connectivity index (χ3n) is 5.30. The van der Waals surface area contributed by atoms with Crippen molar-refractivity contribution in [2.24, 2.45) is 0 Å². The zero-order chi connectivity index (χ0) is 22.7. The van der Waals surface area contributed by atoms with E-state index >= 15 is 0 Å². The Labute approximate surface area is 183 Å². The van der Waals surface area contributed by atoms with Crippen molar-refractivity contribution in [3.05, 3.63) is 71.3 Å². The number of hydrogen-bond acceptors (Lipinski definition) is 3. The molecule has 0 spiro atoms. The van der Waals surface area contributed by atoms with Crippen molar-refractivity contribution < 1.29 is 27.5 Å². The third-order valence-corrected chi connectivity index (χ3v) is 5.30. The van der Waals surface area contributed by atoms with Crippen LogP contribution in [0.5, 0.6) is 5.75 Å². The average Bonchev–Trinajstić information content (AvgIpc) is 3.65. The first-order valence-electron chi connectivity index (χ1n) is 10.5. The Balaban J connectivity index is 1.42. The molecule has 32 heavy (non-hydrogen) atoms. The van der Waals surface area contributed by atoms with E-state index < -0.39 is 6.36 Å². The van der Waals surface area contributed by atoms with Gasteiger partial charge in [0.2, 0.25) is 5.91 Å². The summed E-state index contributed by atoms with van der Waals surface area (Å²) in [6, 6.07) is 13.2. The first-order valence-corrected chi connectivity index (χ1v) is 10.5. The number of ether oxygens (including phenoxy) is 1. The Hall–Kier alpha value is -3.29. The molecule has 0 bridgehead atoms. The van der Waals surface area contributed by atoms with Gasteiger partial charge in [-0.3, -0.25) is 9.59 Å². The van der Waals surface area contributed by atoms with Crippen LogP contribution in [0.25, 0.3) is 6.08 Å². The van der Waals surface area contributed by atoms with Crippen molar-refractivity contribution in [2.75, 3.05) is 0 Å². The zero-order valence-corrected chi connectivity index (χ0v) is 17.3. The Morgan fingerprint density at radius 3 is 2.34 bits per heavy atom. The molecule has 168 valence electrons. The number of benzene rings is 2. The van der Waals surface area contributed by atoms with Gasteiger partial charge in [-0.1, -0.05) is 30.3 Å². The maximum atomic E-state index is 12.8. The van der Waals surface area contributed by atoms with Crippen molar-refractivity contribution in [3.63, 3.8) is 0 Å². The third kappa shape index (κ3) is 6.12. The summed E-state index contributed by atoms with van der Waals surface area (Å²) >= 11 is 0. The Morgan fingerprint density at radius 2 is 1.72 bits per heavy atom. The number of carbonyl (C=O) groups is 2. The highest BCUT2D eigenvalue weighted by molar-refractivity contribution is 5.94. The quantitative estimate of drug-likeness (QED) is 0.602. The Bertz CT molecular complexity index is 1010. The van der Waals surface area contributed by atoms with E-state index in [2.05, 4.69) is 10.1 Å². The molecule has 2 saturated carbocycles. The number of halogens is 3. The molecular formula is C24H23F3N2O3. The molecule has 2 aliphatic rings. The lowest BCUT2D eigenvalue weighted by atomic mass is 10.1. The second-order valence-electron chi connectivity index (χ2n) is 8.06. The predicted octanol–water partition coefficient (Wildman–Crippen LogP) is 4.68. The molecular weight excluding hydrogens is 421 g/mol. The fourth-order valence-electron chi connectivity index (χ4n) is 3.32. The number of rotatable bonds is 8. The van der Waals surface area contributed by atoms with Gasteiger partial charge in [0.05, 0.1) is 0 Å². The van der Waals surface area contributed by atoms with Crippen LogP contribution in [-0.4, -0.2) is 35.2 Å². The molecule has 2 aliphatic carbocycles. The van der Waals surface area contributed by atoms with Crippen LogP contribution in [0.15, 0.2) is 54.6 Å². The number of carbonyl (C=O) groups excluding carboxylic acids is 2. The van der Waals surface area contributed by atoms with Gasteiger partial charge in [-0.15, -0.1) is 13.2 Å². The van der Waals surface area contributed by atoms with Crippen LogP contribution >= 0.6 is 0 Å². The van der Waals surface area contributed by atoms with E-state index in [4.69, 9.17) is 0 Å². The molecule has 2 amide bonds. The van der Waals surface area contributed by atoms with Gasteiger partial charge in [-0.05, 0) is 55.5 Å². The van der Waals surface area contributed by atoms with Crippen LogP contribution in [0.4, 0.5) is 13.2 Å². The van der Waals surface area contributed by atoms with E-state index in [1.165, 1.54) is 30.4 Å². The Kier molecular flexibility index (Phi) is 6.21. The van der Waals surface area contributed by atoms with E-state index in [1.54, 1.807) is 23.1 Å². The first-order chi connectivity index (χ1) is 15.3. The summed E-state index contributed by atoms with van der Waals surface area (Å²) in [7, 11) is 0. The molecule has 2 aromatic rings. The van der Waals surface area contributed by atoms with E-state index in [1.807, 2.05) is 12.1 Å². The van der Waals surface area contributed by atoms with Crippen LogP contribution in [-0.2, 0) is 11.3 Å². The molecule has 2 fully saturated rings. The number of nitrogens with one attached hydrogen (secondary N) is 1. The van der Waals surface area contributed by atoms with Crippen molar-refractivity contribution in [2.45, 2.75) is 50.7 Å². The molecule has 0 atom stereocenters. The van der Waals surface area contributed by atoms with Gasteiger partial charge in [-0.2, -0.15) is 0 Å². The van der Waals surface area contributed by atoms with E-state index in [0.717, 1.165) is 31.2 Å². The lowest BCUT2D eigenvalue weighted by molar-refractivity contribution is -0.274. The maximum Gasteiger partial charge on any atom is 0.573 e. The van der Waals surface area contributed by atoms with Crippen LogP contribution in [0, 0.1) is 0 Å². The summed E-state index contributed by atoms with van der Waals surface area (Å²) < 4.78 is 41.8. The minimum atomic E-state index is -4.81. The van der Waals surface area contributed by atoms with Crippen LogP contribution < -0.4 is 10.1 Å². The molecule has 0 aromatic heterocycles. The van der Waals surface area contributed by atoms with Gasteiger partial charge >= 0.3 is 6.36 Å². The summed E-state index contributed by atoms with van der Waals surface area (Å²) in [6.45, 7) is 0.360. The summed E-state index contributed by atoms with van der Waals surface area (Å²) in [5.41, 5.74) is 1.62. The monoisotopic (exact) mass is 444 g/mol. The normalized spacial score (nSPS) is 16.1. The molecule has 0 saturated heterocycles. The second kappa shape index (κ2) is 9.06. The van der Waals surface area contributed by atoms with Gasteiger partial charge in [0.1, 0.15) is 5.75 Å². The number of nitrogens with zero attached hydrogens (tertiary/aromatic N) is 1. The smallest absolute Gasteiger partial charge is 0.405 e. The highest BCUT2D eigenvalue weighted by atomic mass is 19.4. The van der Waals surface area contributed by atoms with Crippen molar-refractivity contribution >= 4 is 17.9 Å². The van der Waals surface area contributed by atoms with Crippen molar-refractivity contribution in [1.29, 1.82) is 0 Å². The molecule has 5 nitrogen and oxygen atoms in total. The van der Waals surface area contributed by atoms with Crippen molar-refractivity contribution in [3.8, 4) is 5.75 Å². The fourth-order valence-corrected chi connectivity index (χ4v) is 3.32. The minimum Gasteiger partial charge on any atom is -0.405 e. The summed E-state index contributed by atoms with van der Waals surface area (Å²) in [5.74, 6) is -0.746. The van der Waals surface area contributed by atoms with E-state index in [0.29, 0.717) is 12.1 Å². The molecule has 8 heteroatoms. The largest absolute Gasteiger partial charge is 0.573 e. The number of amides is 2. The second-order valence-corrected chi connectivity index (χ2v) is 8.06. The average molecular weight is 444 g/mol. The van der Waals surface area contributed by atoms with Crippen molar-refractivity contribution in [1.82, 2.24) is 10.2 Å². The summed E-state index contributed by atoms with van der Waals surface area (Å²) in [5, 5.41) is 2.93. The number of para-hydroxylation sites is 1. The van der Waals surface area contributed by atoms with Gasteiger partial charge in [0, 0.05) is 35.8 Å². The number of alkyl halides is 3. The van der Waals surface area contributed by atoms with Gasteiger partial charge in [0.15, 0.2) is 0 Å². The maximum absolute atomic E-state index is 12.8. The molecule has 2 aromatic carbocycles. The molecule has 1 N–H and O–H groups in total. The molecule has 0 aliphatic heterocycles. The van der Waals surface area contributed by atoms with Gasteiger partial charge in [0.25, 0.3) is 5.91 Å². The van der Waals surface area contributed by atoms with Gasteiger partial charge in [-0.25, -0.2) is 0 Å². The Morgan fingerprint density at radius 1 is 1.03 bits per heavy atom. The van der Waals surface area contributed by atoms with Crippen LogP contribution in [0.2, 0.25) is 0 Å². The standard InChI is InChI=1S/C24H23F3N2O3/c25-24(26,27)32-21-4-2-1-3-17(21)9-14-22(30)29(20-12-13-20)15-16-5-7-18(8-6-16)23(31)28-19-10-11-19/h1-9,14,19-20H,10-13,15H2,(H,28,31)/b14-9+. The van der Waals surface area contributed by atoms with E-state index in [9.17, 15) is 22.8 Å². The molecule has 0 unspecified atom stereocenters. The lowest BCUT2D eigenvalue weighted by Crippen LogP contribution is -2.31.